The van der Waals surface area contributed by atoms with Gasteiger partial charge in [0.1, 0.15) is 5.82 Å². The van der Waals surface area contributed by atoms with Crippen molar-refractivity contribution in [3.05, 3.63) is 69.0 Å². The molecule has 1 saturated heterocycles. The van der Waals surface area contributed by atoms with Crippen molar-refractivity contribution in [2.45, 2.75) is 24.7 Å². The minimum absolute atomic E-state index is 0.0264. The van der Waals surface area contributed by atoms with E-state index in [1.54, 1.807) is 21.9 Å². The SMILES string of the molecule is CN(C)CC(=O)N1C[C@H](c2ccc(Cl)c(Cl)c2)[C@@H](N(C)Cc2ccc(C(F)(F)F)c(F)c2)C1. The molecule has 0 aromatic heterocycles. The van der Waals surface area contributed by atoms with Crippen molar-refractivity contribution in [2.75, 3.05) is 40.8 Å². The van der Waals surface area contributed by atoms with Gasteiger partial charge in [-0.05, 0) is 56.5 Å². The van der Waals surface area contributed by atoms with Gasteiger partial charge in [-0.3, -0.25) is 9.69 Å². The molecule has 1 aliphatic heterocycles. The maximum Gasteiger partial charge on any atom is 0.419 e. The molecule has 0 aliphatic carbocycles. The van der Waals surface area contributed by atoms with Gasteiger partial charge in [0, 0.05) is 31.6 Å². The van der Waals surface area contributed by atoms with E-state index in [1.807, 2.05) is 32.1 Å². The first-order valence-electron chi connectivity index (χ1n) is 10.3. The number of hydrogen-bond acceptors (Lipinski definition) is 3. The summed E-state index contributed by atoms with van der Waals surface area (Å²) in [6, 6.07) is 8.13. The van der Waals surface area contributed by atoms with E-state index in [0.29, 0.717) is 28.7 Å². The van der Waals surface area contributed by atoms with Crippen LogP contribution in [0.1, 0.15) is 22.6 Å². The quantitative estimate of drug-likeness (QED) is 0.508. The molecule has 0 N–H and O–H groups in total. The molecular weight excluding hydrogens is 481 g/mol. The summed E-state index contributed by atoms with van der Waals surface area (Å²) in [6.45, 7) is 1.36. The number of likely N-dealkylation sites (N-methyl/N-ethyl adjacent to an activating group) is 2. The van der Waals surface area contributed by atoms with Gasteiger partial charge < -0.3 is 9.80 Å². The van der Waals surface area contributed by atoms with Crippen LogP contribution in [0.2, 0.25) is 10.0 Å². The number of halogens is 6. The number of hydrogen-bond donors (Lipinski definition) is 0. The maximum atomic E-state index is 14.1. The van der Waals surface area contributed by atoms with E-state index >= 15 is 0 Å². The smallest absolute Gasteiger partial charge is 0.339 e. The van der Waals surface area contributed by atoms with Crippen LogP contribution in [0.4, 0.5) is 17.6 Å². The van der Waals surface area contributed by atoms with Crippen molar-refractivity contribution in [1.29, 1.82) is 0 Å². The summed E-state index contributed by atoms with van der Waals surface area (Å²) in [5.74, 6) is -1.43. The van der Waals surface area contributed by atoms with E-state index in [0.717, 1.165) is 17.7 Å². The first kappa shape index (κ1) is 25.7. The molecule has 1 heterocycles. The van der Waals surface area contributed by atoms with Crippen LogP contribution in [0, 0.1) is 5.82 Å². The number of carbonyl (C=O) groups is 1. The fraction of sp³-hybridized carbons (Fsp3) is 0.435. The molecule has 0 saturated carbocycles. The third-order valence-corrected chi connectivity index (χ3v) is 6.54. The Kier molecular flexibility index (Phi) is 7.94. The first-order valence-corrected chi connectivity index (χ1v) is 11.1. The van der Waals surface area contributed by atoms with Crippen LogP contribution < -0.4 is 0 Å². The number of rotatable bonds is 6. The van der Waals surface area contributed by atoms with Crippen LogP contribution in [0.25, 0.3) is 0 Å². The van der Waals surface area contributed by atoms with E-state index in [9.17, 15) is 22.4 Å². The van der Waals surface area contributed by atoms with Crippen molar-refractivity contribution in [3.63, 3.8) is 0 Å². The summed E-state index contributed by atoms with van der Waals surface area (Å²) in [5.41, 5.74) is 0.0258. The van der Waals surface area contributed by atoms with Crippen molar-refractivity contribution in [2.24, 2.45) is 0 Å². The molecule has 0 spiro atoms. The highest BCUT2D eigenvalue weighted by atomic mass is 35.5. The predicted octanol–water partition coefficient (Wildman–Crippen LogP) is 5.14. The van der Waals surface area contributed by atoms with Gasteiger partial charge in [0.2, 0.25) is 5.91 Å². The summed E-state index contributed by atoms with van der Waals surface area (Å²) >= 11 is 12.3. The van der Waals surface area contributed by atoms with E-state index in [-0.39, 0.29) is 31.0 Å². The maximum absolute atomic E-state index is 14.1. The lowest BCUT2D eigenvalue weighted by molar-refractivity contribution is -0.140. The summed E-state index contributed by atoms with van der Waals surface area (Å²) in [6.07, 6.45) is -4.74. The molecule has 2 aromatic rings. The molecule has 2 aromatic carbocycles. The Morgan fingerprint density at radius 3 is 2.33 bits per heavy atom. The second kappa shape index (κ2) is 10.2. The molecule has 0 bridgehead atoms. The number of nitrogens with zero attached hydrogens (tertiary/aromatic N) is 3. The number of carbonyl (C=O) groups excluding carboxylic acids is 1. The van der Waals surface area contributed by atoms with Gasteiger partial charge in [-0.1, -0.05) is 35.3 Å². The largest absolute Gasteiger partial charge is 0.419 e. The van der Waals surface area contributed by atoms with Crippen LogP contribution in [0.3, 0.4) is 0 Å². The van der Waals surface area contributed by atoms with Gasteiger partial charge in [0.25, 0.3) is 0 Å². The van der Waals surface area contributed by atoms with Gasteiger partial charge in [-0.25, -0.2) is 4.39 Å². The lowest BCUT2D eigenvalue weighted by Gasteiger charge is -2.29. The van der Waals surface area contributed by atoms with Crippen molar-refractivity contribution in [3.8, 4) is 0 Å². The second-order valence-electron chi connectivity index (χ2n) is 8.61. The molecule has 3 rings (SSSR count). The molecule has 0 unspecified atom stereocenters. The average Bonchev–Trinajstić information content (AvgIpc) is 3.14. The van der Waals surface area contributed by atoms with Crippen LogP contribution in [0.5, 0.6) is 0 Å². The van der Waals surface area contributed by atoms with E-state index in [1.165, 1.54) is 6.07 Å². The summed E-state index contributed by atoms with van der Waals surface area (Å²) in [5, 5.41) is 0.822. The first-order chi connectivity index (χ1) is 15.4. The average molecular weight is 506 g/mol. The predicted molar refractivity (Wildman–Crippen MR) is 121 cm³/mol. The van der Waals surface area contributed by atoms with E-state index in [2.05, 4.69) is 0 Å². The minimum Gasteiger partial charge on any atom is -0.339 e. The molecule has 180 valence electrons. The Morgan fingerprint density at radius 2 is 1.76 bits per heavy atom. The highest BCUT2D eigenvalue weighted by Gasteiger charge is 2.39. The third kappa shape index (κ3) is 6.18. The molecule has 33 heavy (non-hydrogen) atoms. The van der Waals surface area contributed by atoms with Crippen molar-refractivity contribution >= 4 is 29.1 Å². The summed E-state index contributed by atoms with van der Waals surface area (Å²) in [4.78, 5) is 18.2. The van der Waals surface area contributed by atoms with Gasteiger partial charge in [0.05, 0.1) is 22.2 Å². The second-order valence-corrected chi connectivity index (χ2v) is 9.43. The fourth-order valence-corrected chi connectivity index (χ4v) is 4.48. The Hall–Kier alpha value is -1.87. The lowest BCUT2D eigenvalue weighted by atomic mass is 9.93. The zero-order valence-electron chi connectivity index (χ0n) is 18.5. The molecule has 2 atom stereocenters. The Bertz CT molecular complexity index is 1020. The Labute approximate surface area is 200 Å². The number of amides is 1. The standard InChI is InChI=1S/C23H25Cl2F4N3O/c1-30(2)13-22(33)32-11-16(15-5-7-18(24)19(25)9-15)21(12-32)31(3)10-14-4-6-17(20(26)8-14)23(27,28)29/h4-9,16,21H,10-13H2,1-3H3/t16-,21+/m1/s1. The molecule has 4 nitrogen and oxygen atoms in total. The minimum atomic E-state index is -4.74. The number of likely N-dealkylation sites (tertiary alicyclic amines) is 1. The fourth-order valence-electron chi connectivity index (χ4n) is 4.17. The zero-order chi connectivity index (χ0) is 24.5. The molecule has 0 radical (unpaired) electrons. The van der Waals surface area contributed by atoms with Crippen LogP contribution in [-0.4, -0.2) is 67.4 Å². The molecule has 10 heteroatoms. The third-order valence-electron chi connectivity index (χ3n) is 5.80. The lowest BCUT2D eigenvalue weighted by Crippen LogP contribution is -2.40. The van der Waals surface area contributed by atoms with E-state index < -0.39 is 17.6 Å². The topological polar surface area (TPSA) is 26.8 Å². The van der Waals surface area contributed by atoms with Crippen molar-refractivity contribution < 1.29 is 22.4 Å². The summed E-state index contributed by atoms with van der Waals surface area (Å²) in [7, 11) is 5.44. The number of alkyl halides is 3. The Morgan fingerprint density at radius 1 is 1.06 bits per heavy atom. The van der Waals surface area contributed by atoms with Gasteiger partial charge in [-0.2, -0.15) is 13.2 Å². The van der Waals surface area contributed by atoms with Gasteiger partial charge in [-0.15, -0.1) is 0 Å². The van der Waals surface area contributed by atoms with Gasteiger partial charge >= 0.3 is 6.18 Å². The highest BCUT2D eigenvalue weighted by molar-refractivity contribution is 6.42. The van der Waals surface area contributed by atoms with E-state index in [4.69, 9.17) is 23.2 Å². The summed E-state index contributed by atoms with van der Waals surface area (Å²) < 4.78 is 52.7. The highest BCUT2D eigenvalue weighted by Crippen LogP contribution is 2.35. The van der Waals surface area contributed by atoms with Crippen molar-refractivity contribution in [1.82, 2.24) is 14.7 Å². The number of benzene rings is 2. The molecule has 1 amide bonds. The monoisotopic (exact) mass is 505 g/mol. The molecule has 1 fully saturated rings. The molecule has 1 aliphatic rings. The van der Waals surface area contributed by atoms with Crippen LogP contribution in [0.15, 0.2) is 36.4 Å². The zero-order valence-corrected chi connectivity index (χ0v) is 20.0. The normalized spacial score (nSPS) is 19.1. The molecular formula is C23H25Cl2F4N3O. The van der Waals surface area contributed by atoms with Gasteiger partial charge in [0.15, 0.2) is 0 Å². The Balaban J connectivity index is 1.85. The van der Waals surface area contributed by atoms with Crippen LogP contribution in [-0.2, 0) is 17.5 Å². The van der Waals surface area contributed by atoms with Crippen LogP contribution >= 0.6 is 23.2 Å².